The van der Waals surface area contributed by atoms with Crippen molar-refractivity contribution >= 4 is 5.78 Å². The van der Waals surface area contributed by atoms with Gasteiger partial charge in [-0.15, -0.1) is 0 Å². The van der Waals surface area contributed by atoms with Gasteiger partial charge in [0.2, 0.25) is 0 Å². The molecule has 5 heteroatoms. The van der Waals surface area contributed by atoms with Crippen molar-refractivity contribution in [3.05, 3.63) is 82.2 Å². The Balaban J connectivity index is 1.85. The second-order valence-electron chi connectivity index (χ2n) is 7.62. The van der Waals surface area contributed by atoms with Crippen LogP contribution in [-0.2, 0) is 4.79 Å². The van der Waals surface area contributed by atoms with Crippen LogP contribution in [0.3, 0.4) is 0 Å². The minimum atomic E-state index is -0.472. The van der Waals surface area contributed by atoms with Crippen molar-refractivity contribution in [1.29, 1.82) is 5.26 Å². The van der Waals surface area contributed by atoms with Crippen LogP contribution in [0.15, 0.2) is 71.1 Å². The Morgan fingerprint density at radius 3 is 2.47 bits per heavy atom. The summed E-state index contributed by atoms with van der Waals surface area (Å²) in [5.74, 6) is 0.843. The number of carbonyl (C=O) groups excluding carboxylic acids is 1. The van der Waals surface area contributed by atoms with Gasteiger partial charge in [0.1, 0.15) is 0 Å². The van der Waals surface area contributed by atoms with Crippen LogP contribution >= 0.6 is 0 Å². The third kappa shape index (κ3) is 3.25. The second-order valence-corrected chi connectivity index (χ2v) is 7.62. The van der Waals surface area contributed by atoms with Crippen LogP contribution in [0.25, 0.3) is 0 Å². The van der Waals surface area contributed by atoms with Crippen molar-refractivity contribution in [3.8, 4) is 17.6 Å². The van der Waals surface area contributed by atoms with Crippen LogP contribution in [0.2, 0.25) is 0 Å². The molecule has 0 aromatic heterocycles. The first-order chi connectivity index (χ1) is 14.6. The van der Waals surface area contributed by atoms with Crippen molar-refractivity contribution in [2.75, 3.05) is 14.2 Å². The molecule has 0 saturated heterocycles. The summed E-state index contributed by atoms with van der Waals surface area (Å²) in [6.07, 6.45) is 1.15. The van der Waals surface area contributed by atoms with Gasteiger partial charge in [-0.1, -0.05) is 42.5 Å². The molecule has 2 aromatic carbocycles. The fraction of sp³-hybridized carbons (Fsp3) is 0.280. The maximum absolute atomic E-state index is 13.4. The first-order valence-electron chi connectivity index (χ1n) is 9.99. The molecule has 30 heavy (non-hydrogen) atoms. The summed E-state index contributed by atoms with van der Waals surface area (Å²) in [4.78, 5) is 13.4. The van der Waals surface area contributed by atoms with Crippen LogP contribution in [0.1, 0.15) is 42.7 Å². The van der Waals surface area contributed by atoms with Crippen molar-refractivity contribution in [1.82, 2.24) is 5.32 Å². The van der Waals surface area contributed by atoms with E-state index in [1.54, 1.807) is 14.2 Å². The minimum Gasteiger partial charge on any atom is -0.493 e. The zero-order chi connectivity index (χ0) is 21.3. The van der Waals surface area contributed by atoms with E-state index in [4.69, 9.17) is 9.47 Å². The van der Waals surface area contributed by atoms with Gasteiger partial charge in [-0.25, -0.2) is 0 Å². The molecule has 5 nitrogen and oxygen atoms in total. The summed E-state index contributed by atoms with van der Waals surface area (Å²) in [5, 5.41) is 13.3. The van der Waals surface area contributed by atoms with Crippen LogP contribution in [-0.4, -0.2) is 20.0 Å². The van der Waals surface area contributed by atoms with Gasteiger partial charge in [-0.2, -0.15) is 5.26 Å². The number of Topliss-reactive ketones (excluding diaryl/α,β-unsaturated/α-hetero) is 1. The highest BCUT2D eigenvalue weighted by atomic mass is 16.5. The molecular weight excluding hydrogens is 376 g/mol. The zero-order valence-corrected chi connectivity index (χ0v) is 17.4. The molecule has 0 spiro atoms. The minimum absolute atomic E-state index is 0.0627. The lowest BCUT2D eigenvalue weighted by Gasteiger charge is -2.36. The van der Waals surface area contributed by atoms with Gasteiger partial charge in [0.05, 0.1) is 31.8 Å². The SMILES string of the molecule is COc1cccc([C@H]2C(C#N)=C(C)NC3=C2C(=O)C[C@H](c2ccccc2)C3)c1OC. The highest BCUT2D eigenvalue weighted by Gasteiger charge is 2.40. The van der Waals surface area contributed by atoms with E-state index in [2.05, 4.69) is 23.5 Å². The number of para-hydroxylation sites is 1. The number of nitriles is 1. The molecule has 0 unspecified atom stereocenters. The van der Waals surface area contributed by atoms with Crippen LogP contribution in [0.4, 0.5) is 0 Å². The normalized spacial score (nSPS) is 20.9. The van der Waals surface area contributed by atoms with Crippen molar-refractivity contribution < 1.29 is 14.3 Å². The average Bonchev–Trinajstić information content (AvgIpc) is 2.77. The summed E-state index contributed by atoms with van der Waals surface area (Å²) in [7, 11) is 3.16. The van der Waals surface area contributed by atoms with E-state index in [0.717, 1.165) is 28.9 Å². The monoisotopic (exact) mass is 400 g/mol. The van der Waals surface area contributed by atoms with Gasteiger partial charge in [0, 0.05) is 29.0 Å². The molecule has 2 atom stereocenters. The Bertz CT molecular complexity index is 1090. The first kappa shape index (κ1) is 19.8. The highest BCUT2D eigenvalue weighted by Crippen LogP contribution is 2.48. The molecule has 1 N–H and O–H groups in total. The number of ether oxygens (including phenoxy) is 2. The first-order valence-corrected chi connectivity index (χ1v) is 9.99. The molecule has 2 aliphatic rings. The lowest BCUT2D eigenvalue weighted by Crippen LogP contribution is -2.33. The smallest absolute Gasteiger partial charge is 0.164 e. The number of nitrogens with one attached hydrogen (secondary N) is 1. The van der Waals surface area contributed by atoms with Crippen molar-refractivity contribution in [2.24, 2.45) is 0 Å². The Hall–Kier alpha value is -3.52. The Morgan fingerprint density at radius 1 is 1.03 bits per heavy atom. The van der Waals surface area contributed by atoms with E-state index in [9.17, 15) is 10.1 Å². The zero-order valence-electron chi connectivity index (χ0n) is 17.4. The third-order valence-corrected chi connectivity index (χ3v) is 5.96. The molecule has 0 bridgehead atoms. The number of nitrogens with zero attached hydrogens (tertiary/aromatic N) is 1. The van der Waals surface area contributed by atoms with Crippen LogP contribution < -0.4 is 14.8 Å². The fourth-order valence-electron chi connectivity index (χ4n) is 4.60. The molecule has 2 aromatic rings. The molecule has 4 rings (SSSR count). The largest absolute Gasteiger partial charge is 0.493 e. The molecular formula is C25H24N2O3. The van der Waals surface area contributed by atoms with Gasteiger partial charge in [-0.3, -0.25) is 4.79 Å². The number of methoxy groups -OCH3 is 2. The topological polar surface area (TPSA) is 71.3 Å². The standard InChI is InChI=1S/C25H24N2O3/c1-15-19(14-26)23(18-10-7-11-22(29-2)25(18)30-3)24-20(27-15)12-17(13-21(24)28)16-8-5-4-6-9-16/h4-11,17,23,27H,12-13H2,1-3H3/t17-,23+/m1/s1. The second kappa shape index (κ2) is 8.08. The molecule has 1 heterocycles. The van der Waals surface area contributed by atoms with E-state index in [-0.39, 0.29) is 11.7 Å². The molecule has 0 saturated carbocycles. The number of hydrogen-bond donors (Lipinski definition) is 1. The Labute approximate surface area is 176 Å². The van der Waals surface area contributed by atoms with E-state index < -0.39 is 5.92 Å². The number of rotatable bonds is 4. The number of dihydropyridines is 1. The van der Waals surface area contributed by atoms with E-state index >= 15 is 0 Å². The third-order valence-electron chi connectivity index (χ3n) is 5.96. The van der Waals surface area contributed by atoms with E-state index in [1.165, 1.54) is 0 Å². The number of benzene rings is 2. The number of carbonyl (C=O) groups is 1. The van der Waals surface area contributed by atoms with Gasteiger partial charge in [0.15, 0.2) is 17.3 Å². The fourth-order valence-corrected chi connectivity index (χ4v) is 4.60. The van der Waals surface area contributed by atoms with Gasteiger partial charge in [-0.05, 0) is 30.9 Å². The molecule has 152 valence electrons. The molecule has 0 fully saturated rings. The number of allylic oxidation sites excluding steroid dienone is 4. The molecule has 0 radical (unpaired) electrons. The molecule has 1 aliphatic carbocycles. The predicted molar refractivity (Wildman–Crippen MR) is 114 cm³/mol. The lowest BCUT2D eigenvalue weighted by atomic mass is 9.72. The average molecular weight is 400 g/mol. The van der Waals surface area contributed by atoms with E-state index in [1.807, 2.05) is 43.3 Å². The summed E-state index contributed by atoms with van der Waals surface area (Å²) in [5.41, 5.74) is 4.79. The predicted octanol–water partition coefficient (Wildman–Crippen LogP) is 4.59. The van der Waals surface area contributed by atoms with E-state index in [0.29, 0.717) is 29.1 Å². The summed E-state index contributed by atoms with van der Waals surface area (Å²) in [6.45, 7) is 1.89. The maximum Gasteiger partial charge on any atom is 0.164 e. The quantitative estimate of drug-likeness (QED) is 0.813. The Morgan fingerprint density at radius 2 is 1.80 bits per heavy atom. The number of ketones is 1. The van der Waals surface area contributed by atoms with Crippen LogP contribution in [0.5, 0.6) is 11.5 Å². The lowest BCUT2D eigenvalue weighted by molar-refractivity contribution is -0.116. The number of hydrogen-bond acceptors (Lipinski definition) is 5. The maximum atomic E-state index is 13.4. The van der Waals surface area contributed by atoms with Gasteiger partial charge >= 0.3 is 0 Å². The van der Waals surface area contributed by atoms with Gasteiger partial charge in [0.25, 0.3) is 0 Å². The van der Waals surface area contributed by atoms with Gasteiger partial charge < -0.3 is 14.8 Å². The van der Waals surface area contributed by atoms with Crippen LogP contribution in [0, 0.1) is 11.3 Å². The Kier molecular flexibility index (Phi) is 5.33. The summed E-state index contributed by atoms with van der Waals surface area (Å²) < 4.78 is 11.1. The molecule has 1 aliphatic heterocycles. The summed E-state index contributed by atoms with van der Waals surface area (Å²) >= 11 is 0. The summed E-state index contributed by atoms with van der Waals surface area (Å²) in [6, 6.07) is 18.0. The highest BCUT2D eigenvalue weighted by molar-refractivity contribution is 6.00. The van der Waals surface area contributed by atoms with Crippen molar-refractivity contribution in [3.63, 3.8) is 0 Å². The van der Waals surface area contributed by atoms with Crippen molar-refractivity contribution in [2.45, 2.75) is 31.6 Å². The molecule has 0 amide bonds.